The number of hydrogen-bond donors (Lipinski definition) is 1. The summed E-state index contributed by atoms with van der Waals surface area (Å²) in [5.74, 6) is -1.63. The van der Waals surface area contributed by atoms with Crippen molar-refractivity contribution in [3.05, 3.63) is 36.0 Å². The van der Waals surface area contributed by atoms with Gasteiger partial charge in [0, 0.05) is 5.75 Å². The molecule has 0 aromatic rings. The Balaban J connectivity index is 5.31. The molecule has 134 valence electrons. The standard InChI is InChI=1S/C17H28F3NOS/c1-5-7-9-15(11-10-14(3)8-6-2)16(17(18,19)20)12-13-23(22)21-4/h9-11,16,21H,3,5-8,12-13H2,1-2,4H3/b11-10-,15-9+. The Hall–Kier alpha value is -0.880. The Kier molecular flexibility index (Phi) is 11.2. The van der Waals surface area contributed by atoms with Gasteiger partial charge in [0.2, 0.25) is 0 Å². The van der Waals surface area contributed by atoms with Crippen molar-refractivity contribution in [3.8, 4) is 0 Å². The van der Waals surface area contributed by atoms with Crippen molar-refractivity contribution in [1.29, 1.82) is 0 Å². The Morgan fingerprint density at radius 2 is 1.91 bits per heavy atom. The van der Waals surface area contributed by atoms with Crippen LogP contribution in [0, 0.1) is 5.92 Å². The second-order valence-electron chi connectivity index (χ2n) is 5.37. The average Bonchev–Trinajstić information content (AvgIpc) is 2.47. The van der Waals surface area contributed by atoms with E-state index >= 15 is 0 Å². The minimum atomic E-state index is -4.35. The molecule has 0 amide bonds. The highest BCUT2D eigenvalue weighted by atomic mass is 32.2. The number of nitrogens with one attached hydrogen (secondary N) is 1. The SMILES string of the molecule is C=C(/C=C\C(=C/CCC)C(CCS(=O)NC)C(F)(F)F)CCC. The van der Waals surface area contributed by atoms with E-state index in [2.05, 4.69) is 11.3 Å². The van der Waals surface area contributed by atoms with Crippen LogP contribution < -0.4 is 4.72 Å². The van der Waals surface area contributed by atoms with E-state index in [1.165, 1.54) is 13.1 Å². The van der Waals surface area contributed by atoms with Crippen LogP contribution in [-0.4, -0.2) is 23.2 Å². The molecule has 6 heteroatoms. The molecule has 0 aliphatic carbocycles. The lowest BCUT2D eigenvalue weighted by molar-refractivity contribution is -0.163. The molecule has 0 aromatic carbocycles. The van der Waals surface area contributed by atoms with Gasteiger partial charge in [-0.1, -0.05) is 57.1 Å². The molecule has 0 aromatic heterocycles. The second kappa shape index (κ2) is 11.6. The van der Waals surface area contributed by atoms with E-state index in [1.54, 1.807) is 12.2 Å². The lowest BCUT2D eigenvalue weighted by Crippen LogP contribution is -2.27. The van der Waals surface area contributed by atoms with Gasteiger partial charge in [-0.2, -0.15) is 13.2 Å². The van der Waals surface area contributed by atoms with Crippen LogP contribution in [0.15, 0.2) is 36.0 Å². The quantitative estimate of drug-likeness (QED) is 0.517. The fourth-order valence-corrected chi connectivity index (χ4v) is 2.76. The zero-order valence-electron chi connectivity index (χ0n) is 14.2. The minimum Gasteiger partial charge on any atom is -0.243 e. The topological polar surface area (TPSA) is 29.1 Å². The summed E-state index contributed by atoms with van der Waals surface area (Å²) in [5, 5.41) is 0. The van der Waals surface area contributed by atoms with Crippen LogP contribution in [0.1, 0.15) is 46.0 Å². The molecule has 2 atom stereocenters. The predicted octanol–water partition coefficient (Wildman–Crippen LogP) is 5.08. The molecular weight excluding hydrogens is 323 g/mol. The maximum absolute atomic E-state index is 13.4. The van der Waals surface area contributed by atoms with Crippen LogP contribution in [0.5, 0.6) is 0 Å². The molecular formula is C17H28F3NOS. The lowest BCUT2D eigenvalue weighted by atomic mass is 9.93. The number of rotatable bonds is 11. The summed E-state index contributed by atoms with van der Waals surface area (Å²) in [6.45, 7) is 7.77. The predicted molar refractivity (Wildman–Crippen MR) is 92.4 cm³/mol. The van der Waals surface area contributed by atoms with Crippen LogP contribution in [-0.2, 0) is 11.0 Å². The third kappa shape index (κ3) is 9.76. The van der Waals surface area contributed by atoms with Crippen LogP contribution >= 0.6 is 0 Å². The van der Waals surface area contributed by atoms with Gasteiger partial charge in [-0.3, -0.25) is 0 Å². The Morgan fingerprint density at radius 1 is 1.26 bits per heavy atom. The molecule has 2 nitrogen and oxygen atoms in total. The van der Waals surface area contributed by atoms with E-state index in [9.17, 15) is 17.4 Å². The summed E-state index contributed by atoms with van der Waals surface area (Å²) in [4.78, 5) is 0. The van der Waals surface area contributed by atoms with Crippen LogP contribution in [0.4, 0.5) is 13.2 Å². The zero-order chi connectivity index (χ0) is 17.9. The molecule has 0 heterocycles. The molecule has 0 aliphatic rings. The monoisotopic (exact) mass is 351 g/mol. The molecule has 0 radical (unpaired) electrons. The number of allylic oxidation sites excluding steroid dienone is 5. The fourth-order valence-electron chi connectivity index (χ4n) is 2.10. The summed E-state index contributed by atoms with van der Waals surface area (Å²) < 4.78 is 54.1. The van der Waals surface area contributed by atoms with Gasteiger partial charge in [-0.15, -0.1) is 0 Å². The van der Waals surface area contributed by atoms with E-state index in [0.717, 1.165) is 24.8 Å². The largest absolute Gasteiger partial charge is 0.395 e. The Bertz CT molecular complexity index is 442. The smallest absolute Gasteiger partial charge is 0.243 e. The third-order valence-electron chi connectivity index (χ3n) is 3.37. The first kappa shape index (κ1) is 22.1. The zero-order valence-corrected chi connectivity index (χ0v) is 15.0. The third-order valence-corrected chi connectivity index (χ3v) is 4.43. The van der Waals surface area contributed by atoms with E-state index in [-0.39, 0.29) is 17.7 Å². The highest BCUT2D eigenvalue weighted by Gasteiger charge is 2.40. The molecule has 0 saturated heterocycles. The number of halogens is 3. The average molecular weight is 351 g/mol. The van der Waals surface area contributed by atoms with Gasteiger partial charge in [0.25, 0.3) is 0 Å². The Labute approximate surface area is 140 Å². The highest BCUT2D eigenvalue weighted by Crippen LogP contribution is 2.35. The summed E-state index contributed by atoms with van der Waals surface area (Å²) in [5.41, 5.74) is 1.05. The number of alkyl halides is 3. The summed E-state index contributed by atoms with van der Waals surface area (Å²) in [6, 6.07) is 0. The van der Waals surface area contributed by atoms with Crippen molar-refractivity contribution in [2.24, 2.45) is 5.92 Å². The molecule has 1 N–H and O–H groups in total. The van der Waals surface area contributed by atoms with Crippen LogP contribution in [0.3, 0.4) is 0 Å². The van der Waals surface area contributed by atoms with Crippen molar-refractivity contribution in [2.45, 2.75) is 52.1 Å². The van der Waals surface area contributed by atoms with Gasteiger partial charge < -0.3 is 0 Å². The van der Waals surface area contributed by atoms with E-state index < -0.39 is 23.1 Å². The van der Waals surface area contributed by atoms with Gasteiger partial charge in [0.1, 0.15) is 0 Å². The van der Waals surface area contributed by atoms with Gasteiger partial charge in [-0.05, 0) is 31.9 Å². The number of hydrogen-bond acceptors (Lipinski definition) is 1. The lowest BCUT2D eigenvalue weighted by Gasteiger charge is -2.22. The molecule has 0 aliphatic heterocycles. The molecule has 0 rings (SSSR count). The molecule has 2 unspecified atom stereocenters. The molecule has 23 heavy (non-hydrogen) atoms. The van der Waals surface area contributed by atoms with Gasteiger partial charge >= 0.3 is 6.18 Å². The first-order valence-corrected chi connectivity index (χ1v) is 9.26. The summed E-state index contributed by atoms with van der Waals surface area (Å²) in [7, 11) is 0.0341. The van der Waals surface area contributed by atoms with E-state index in [4.69, 9.17) is 0 Å². The second-order valence-corrected chi connectivity index (χ2v) is 6.88. The van der Waals surface area contributed by atoms with Crippen molar-refractivity contribution in [3.63, 3.8) is 0 Å². The fraction of sp³-hybridized carbons (Fsp3) is 0.647. The Morgan fingerprint density at radius 3 is 2.39 bits per heavy atom. The van der Waals surface area contributed by atoms with Crippen molar-refractivity contribution in [1.82, 2.24) is 4.72 Å². The van der Waals surface area contributed by atoms with Crippen molar-refractivity contribution < 1.29 is 17.4 Å². The summed E-state index contributed by atoms with van der Waals surface area (Å²) in [6.07, 6.45) is 3.30. The van der Waals surface area contributed by atoms with Gasteiger partial charge in [0.15, 0.2) is 0 Å². The maximum Gasteiger partial charge on any atom is 0.395 e. The van der Waals surface area contributed by atoms with Crippen LogP contribution in [0.25, 0.3) is 0 Å². The van der Waals surface area contributed by atoms with E-state index in [1.807, 2.05) is 13.8 Å². The first-order chi connectivity index (χ1) is 10.8. The van der Waals surface area contributed by atoms with Gasteiger partial charge in [-0.25, -0.2) is 8.93 Å². The molecule has 0 spiro atoms. The van der Waals surface area contributed by atoms with Gasteiger partial charge in [0.05, 0.1) is 16.9 Å². The number of unbranched alkanes of at least 4 members (excludes halogenated alkanes) is 1. The minimum absolute atomic E-state index is 0.0338. The highest BCUT2D eigenvalue weighted by molar-refractivity contribution is 7.82. The van der Waals surface area contributed by atoms with E-state index in [0.29, 0.717) is 6.42 Å². The van der Waals surface area contributed by atoms with Crippen molar-refractivity contribution >= 4 is 11.0 Å². The molecule has 0 fully saturated rings. The normalized spacial score (nSPS) is 15.8. The summed E-state index contributed by atoms with van der Waals surface area (Å²) >= 11 is 0. The molecule has 0 saturated carbocycles. The van der Waals surface area contributed by atoms with Crippen LogP contribution in [0.2, 0.25) is 0 Å². The first-order valence-electron chi connectivity index (χ1n) is 7.94. The molecule has 0 bridgehead atoms. The maximum atomic E-state index is 13.4. The van der Waals surface area contributed by atoms with Crippen molar-refractivity contribution in [2.75, 3.05) is 12.8 Å².